The molecule has 7 nitrogen and oxygen atoms in total. The van der Waals surface area contributed by atoms with Gasteiger partial charge in [-0.2, -0.15) is 0 Å². The second-order valence-corrected chi connectivity index (χ2v) is 10.8. The predicted octanol–water partition coefficient (Wildman–Crippen LogP) is 4.31. The van der Waals surface area contributed by atoms with Crippen LogP contribution < -0.4 is 10.2 Å². The molecule has 0 radical (unpaired) electrons. The monoisotopic (exact) mass is 505 g/mol. The normalized spacial score (nSPS) is 21.6. The number of nitrogens with one attached hydrogen (secondary N) is 1. The molecule has 4 heterocycles. The van der Waals surface area contributed by atoms with Crippen molar-refractivity contribution in [2.24, 2.45) is 0 Å². The van der Waals surface area contributed by atoms with Crippen LogP contribution in [0.1, 0.15) is 32.4 Å². The van der Waals surface area contributed by atoms with Gasteiger partial charge in [-0.3, -0.25) is 14.1 Å². The molecule has 0 saturated carbocycles. The fourth-order valence-electron chi connectivity index (χ4n) is 5.19. The minimum Gasteiger partial charge on any atom is -0.372 e. The van der Waals surface area contributed by atoms with Crippen molar-refractivity contribution in [3.63, 3.8) is 0 Å². The summed E-state index contributed by atoms with van der Waals surface area (Å²) in [4.78, 5) is 24.5. The first-order valence-electron chi connectivity index (χ1n) is 12.8. The molecule has 1 N–H and O–H groups in total. The zero-order valence-electron chi connectivity index (χ0n) is 21.3. The number of ether oxygens (including phenoxy) is 1. The number of benzene rings is 1. The van der Waals surface area contributed by atoms with Gasteiger partial charge in [-0.1, -0.05) is 30.1 Å². The Bertz CT molecular complexity index is 1200. The van der Waals surface area contributed by atoms with Gasteiger partial charge >= 0.3 is 0 Å². The standard InChI is InChI=1S/C28H35N5O2S/c1-19-17-32(18-20(2)35-19)27-6-4-5-26(31-27)21-7-8-22-16-29-25(14-23(22)13-21)15-28(34)30-24-9-11-33(36-3)12-10-24/h4-8,13-14,16,19-20,24H,9-12,15,17-18H2,1-3H3,(H,30,34). The Hall–Kier alpha value is -2.68. The average Bonchev–Trinajstić information content (AvgIpc) is 2.88. The van der Waals surface area contributed by atoms with Crippen LogP contribution in [0.4, 0.5) is 5.82 Å². The Morgan fingerprint density at radius 2 is 1.86 bits per heavy atom. The van der Waals surface area contributed by atoms with Crippen molar-refractivity contribution in [1.29, 1.82) is 0 Å². The molecule has 2 atom stereocenters. The number of anilines is 1. The van der Waals surface area contributed by atoms with Crippen LogP contribution in [0.5, 0.6) is 0 Å². The smallest absolute Gasteiger partial charge is 0.226 e. The number of aromatic nitrogens is 2. The Kier molecular flexibility index (Phi) is 7.74. The van der Waals surface area contributed by atoms with Crippen LogP contribution in [0.25, 0.3) is 22.0 Å². The van der Waals surface area contributed by atoms with Gasteiger partial charge in [-0.15, -0.1) is 0 Å². The molecule has 36 heavy (non-hydrogen) atoms. The minimum absolute atomic E-state index is 0.0453. The van der Waals surface area contributed by atoms with Gasteiger partial charge in [0.1, 0.15) is 5.82 Å². The summed E-state index contributed by atoms with van der Waals surface area (Å²) in [6.07, 6.45) is 6.62. The van der Waals surface area contributed by atoms with Crippen LogP contribution in [0, 0.1) is 0 Å². The molecule has 2 saturated heterocycles. The molecule has 2 aliphatic rings. The summed E-state index contributed by atoms with van der Waals surface area (Å²) in [6.45, 7) is 7.92. The van der Waals surface area contributed by atoms with Crippen molar-refractivity contribution in [2.75, 3.05) is 37.3 Å². The van der Waals surface area contributed by atoms with Crippen LogP contribution >= 0.6 is 11.9 Å². The molecule has 1 aromatic carbocycles. The number of fused-ring (bicyclic) bond motifs is 1. The second-order valence-electron chi connectivity index (χ2n) is 9.91. The highest BCUT2D eigenvalue weighted by molar-refractivity contribution is 7.96. The van der Waals surface area contributed by atoms with E-state index in [0.29, 0.717) is 6.42 Å². The van der Waals surface area contributed by atoms with Crippen molar-refractivity contribution in [3.8, 4) is 11.3 Å². The third kappa shape index (κ3) is 5.99. The maximum Gasteiger partial charge on any atom is 0.226 e. The number of hydrogen-bond acceptors (Lipinski definition) is 7. The first-order valence-corrected chi connectivity index (χ1v) is 14.0. The molecule has 2 aromatic heterocycles. The van der Waals surface area contributed by atoms with E-state index in [4.69, 9.17) is 9.72 Å². The van der Waals surface area contributed by atoms with Gasteiger partial charge in [-0.05, 0) is 62.6 Å². The number of rotatable bonds is 6. The van der Waals surface area contributed by atoms with E-state index < -0.39 is 0 Å². The predicted molar refractivity (Wildman–Crippen MR) is 147 cm³/mol. The molecule has 0 bridgehead atoms. The van der Waals surface area contributed by atoms with Crippen molar-refractivity contribution >= 4 is 34.4 Å². The summed E-state index contributed by atoms with van der Waals surface area (Å²) < 4.78 is 8.23. The largest absolute Gasteiger partial charge is 0.372 e. The molecule has 3 aromatic rings. The van der Waals surface area contributed by atoms with Crippen LogP contribution in [-0.2, 0) is 16.0 Å². The van der Waals surface area contributed by atoms with Crippen molar-refractivity contribution < 1.29 is 9.53 Å². The van der Waals surface area contributed by atoms with Crippen molar-refractivity contribution in [3.05, 3.63) is 54.4 Å². The second kappa shape index (κ2) is 11.2. The van der Waals surface area contributed by atoms with Crippen LogP contribution in [0.2, 0.25) is 0 Å². The number of morpholine rings is 1. The number of pyridine rings is 2. The molecule has 2 unspecified atom stereocenters. The van der Waals surface area contributed by atoms with E-state index in [1.165, 1.54) is 0 Å². The number of nitrogens with zero attached hydrogens (tertiary/aromatic N) is 4. The summed E-state index contributed by atoms with van der Waals surface area (Å²) >= 11 is 1.78. The topological polar surface area (TPSA) is 70.6 Å². The third-order valence-electron chi connectivity index (χ3n) is 6.97. The van der Waals surface area contributed by atoms with Gasteiger partial charge in [0, 0.05) is 49.4 Å². The summed E-state index contributed by atoms with van der Waals surface area (Å²) in [7, 11) is 0. The molecule has 5 rings (SSSR count). The summed E-state index contributed by atoms with van der Waals surface area (Å²) in [6, 6.07) is 14.8. The van der Waals surface area contributed by atoms with Gasteiger partial charge in [0.2, 0.25) is 5.91 Å². The highest BCUT2D eigenvalue weighted by atomic mass is 32.2. The molecule has 2 aliphatic heterocycles. The number of piperidine rings is 1. The molecule has 1 amide bonds. The molecule has 8 heteroatoms. The first-order chi connectivity index (χ1) is 17.5. The van der Waals surface area contributed by atoms with Gasteiger partial charge in [-0.25, -0.2) is 4.98 Å². The molecule has 2 fully saturated rings. The lowest BCUT2D eigenvalue weighted by Gasteiger charge is -2.36. The third-order valence-corrected chi connectivity index (χ3v) is 7.85. The fraction of sp³-hybridized carbons (Fsp3) is 0.464. The van der Waals surface area contributed by atoms with E-state index in [1.54, 1.807) is 11.9 Å². The molecular formula is C28H35N5O2S. The number of carbonyl (C=O) groups excluding carboxylic acids is 1. The lowest BCUT2D eigenvalue weighted by atomic mass is 10.0. The van der Waals surface area contributed by atoms with Crippen LogP contribution in [-0.4, -0.2) is 70.9 Å². The van der Waals surface area contributed by atoms with Crippen molar-refractivity contribution in [2.45, 2.75) is 51.4 Å². The van der Waals surface area contributed by atoms with E-state index in [-0.39, 0.29) is 24.2 Å². The maximum absolute atomic E-state index is 12.7. The number of hydrogen-bond donors (Lipinski definition) is 1. The molecule has 190 valence electrons. The Labute approximate surface area is 217 Å². The summed E-state index contributed by atoms with van der Waals surface area (Å²) in [5, 5.41) is 5.33. The SMILES string of the molecule is CSN1CCC(NC(=O)Cc2cc3cc(-c4cccc(N5CC(C)OC(C)C5)n4)ccc3cn2)CC1. The van der Waals surface area contributed by atoms with Crippen LogP contribution in [0.3, 0.4) is 0 Å². The Balaban J connectivity index is 1.29. The van der Waals surface area contributed by atoms with E-state index >= 15 is 0 Å². The lowest BCUT2D eigenvalue weighted by Crippen LogP contribution is -2.45. The lowest BCUT2D eigenvalue weighted by molar-refractivity contribution is -0.121. The average molecular weight is 506 g/mol. The Morgan fingerprint density at radius 1 is 1.08 bits per heavy atom. The maximum atomic E-state index is 12.7. The minimum atomic E-state index is 0.0453. The van der Waals surface area contributed by atoms with E-state index in [1.807, 2.05) is 12.3 Å². The first kappa shape index (κ1) is 25.0. The molecule has 0 aliphatic carbocycles. The van der Waals surface area contributed by atoms with Gasteiger partial charge in [0.05, 0.1) is 30.0 Å². The number of carbonyl (C=O) groups is 1. The zero-order chi connectivity index (χ0) is 25.1. The van der Waals surface area contributed by atoms with Crippen LogP contribution in [0.15, 0.2) is 48.7 Å². The van der Waals surface area contributed by atoms with Crippen molar-refractivity contribution in [1.82, 2.24) is 19.6 Å². The highest BCUT2D eigenvalue weighted by Gasteiger charge is 2.23. The van der Waals surface area contributed by atoms with E-state index in [0.717, 1.165) is 72.6 Å². The summed E-state index contributed by atoms with van der Waals surface area (Å²) in [5.74, 6) is 1.02. The highest BCUT2D eigenvalue weighted by Crippen LogP contribution is 2.26. The number of amides is 1. The van der Waals surface area contributed by atoms with E-state index in [2.05, 4.69) is 76.0 Å². The van der Waals surface area contributed by atoms with Gasteiger partial charge < -0.3 is 15.0 Å². The fourth-order valence-corrected chi connectivity index (χ4v) is 5.77. The quantitative estimate of drug-likeness (QED) is 0.501. The van der Waals surface area contributed by atoms with Gasteiger partial charge in [0.25, 0.3) is 0 Å². The Morgan fingerprint density at radius 3 is 2.61 bits per heavy atom. The van der Waals surface area contributed by atoms with E-state index in [9.17, 15) is 4.79 Å². The summed E-state index contributed by atoms with van der Waals surface area (Å²) in [5.41, 5.74) is 2.78. The van der Waals surface area contributed by atoms with Gasteiger partial charge in [0.15, 0.2) is 0 Å². The molecule has 0 spiro atoms. The zero-order valence-corrected chi connectivity index (χ0v) is 22.1. The molecular weight excluding hydrogens is 470 g/mol.